The smallest absolute Gasteiger partial charge is 0.226 e. The van der Waals surface area contributed by atoms with Crippen molar-refractivity contribution in [3.8, 4) is 0 Å². The van der Waals surface area contributed by atoms with Gasteiger partial charge in [-0.3, -0.25) is 4.79 Å². The molecule has 0 N–H and O–H groups in total. The van der Waals surface area contributed by atoms with Crippen LogP contribution in [-0.4, -0.2) is 29.3 Å². The van der Waals surface area contributed by atoms with Crippen LogP contribution in [0.4, 0.5) is 0 Å². The molecular weight excluding hydrogens is 258 g/mol. The van der Waals surface area contributed by atoms with Crippen LogP contribution in [0.15, 0.2) is 0 Å². The molecule has 2 nitrogen and oxygen atoms in total. The number of carbonyl (C=O) groups is 1. The minimum Gasteiger partial charge on any atom is -0.338 e. The van der Waals surface area contributed by atoms with Crippen molar-refractivity contribution in [3.63, 3.8) is 0 Å². The molecule has 3 heteroatoms. The fourth-order valence-electron chi connectivity index (χ4n) is 5.14. The van der Waals surface area contributed by atoms with E-state index in [1.165, 1.54) is 19.3 Å². The number of hydrogen-bond donors (Lipinski definition) is 0. The lowest BCUT2D eigenvalue weighted by atomic mass is 10.0. The van der Waals surface area contributed by atoms with E-state index >= 15 is 0 Å². The molecule has 1 amide bonds. The average Bonchev–Trinajstić information content (AvgIpc) is 2.86. The number of fused-ring (bicyclic) bond motifs is 5. The molecule has 19 heavy (non-hydrogen) atoms. The van der Waals surface area contributed by atoms with Gasteiger partial charge in [-0.15, -0.1) is 11.6 Å². The summed E-state index contributed by atoms with van der Waals surface area (Å²) in [4.78, 5) is 15.0. The third-order valence-electron chi connectivity index (χ3n) is 6.01. The van der Waals surface area contributed by atoms with E-state index in [0.29, 0.717) is 23.7 Å². The van der Waals surface area contributed by atoms with Gasteiger partial charge in [-0.2, -0.15) is 0 Å². The zero-order valence-corrected chi connectivity index (χ0v) is 12.9. The Morgan fingerprint density at radius 1 is 1.21 bits per heavy atom. The van der Waals surface area contributed by atoms with Crippen molar-refractivity contribution in [3.05, 3.63) is 0 Å². The monoisotopic (exact) mass is 283 g/mol. The molecule has 3 fully saturated rings. The largest absolute Gasteiger partial charge is 0.338 e. The summed E-state index contributed by atoms with van der Waals surface area (Å²) in [7, 11) is 0. The Morgan fingerprint density at radius 2 is 1.79 bits per heavy atom. The lowest BCUT2D eigenvalue weighted by Gasteiger charge is -2.31. The normalized spacial score (nSPS) is 38.6. The molecule has 3 aliphatic carbocycles. The summed E-state index contributed by atoms with van der Waals surface area (Å²) in [5.74, 6) is 4.62. The molecule has 0 aliphatic heterocycles. The fourth-order valence-corrected chi connectivity index (χ4v) is 5.32. The molecular formula is C16H26ClNO. The number of nitrogens with zero attached hydrogens (tertiary/aromatic N) is 1. The van der Waals surface area contributed by atoms with E-state index in [0.717, 1.165) is 43.1 Å². The predicted molar refractivity (Wildman–Crippen MR) is 78.1 cm³/mol. The Morgan fingerprint density at radius 3 is 2.26 bits per heavy atom. The van der Waals surface area contributed by atoms with Crippen LogP contribution in [0.3, 0.4) is 0 Å². The first-order chi connectivity index (χ1) is 9.22. The van der Waals surface area contributed by atoms with Crippen molar-refractivity contribution in [2.75, 3.05) is 12.4 Å². The van der Waals surface area contributed by atoms with E-state index < -0.39 is 0 Å². The highest BCUT2D eigenvalue weighted by molar-refractivity contribution is 6.18. The fraction of sp³-hybridized carbons (Fsp3) is 0.938. The van der Waals surface area contributed by atoms with E-state index in [1.807, 2.05) is 0 Å². The SMILES string of the molecule is CCC(CC)N(CCCl)C(=O)C1C2C3CCC(C3)C12. The summed E-state index contributed by atoms with van der Waals surface area (Å²) in [5.41, 5.74) is 0. The van der Waals surface area contributed by atoms with E-state index in [4.69, 9.17) is 11.6 Å². The average molecular weight is 284 g/mol. The van der Waals surface area contributed by atoms with Crippen LogP contribution in [0.2, 0.25) is 0 Å². The minimum atomic E-state index is 0.370. The number of hydrogen-bond acceptors (Lipinski definition) is 1. The Balaban J connectivity index is 1.68. The summed E-state index contributed by atoms with van der Waals surface area (Å²) >= 11 is 5.92. The summed E-state index contributed by atoms with van der Waals surface area (Å²) in [6.07, 6.45) is 6.29. The van der Waals surface area contributed by atoms with Crippen LogP contribution >= 0.6 is 11.6 Å². The van der Waals surface area contributed by atoms with E-state index in [2.05, 4.69) is 18.7 Å². The highest BCUT2D eigenvalue weighted by atomic mass is 35.5. The highest BCUT2D eigenvalue weighted by Crippen LogP contribution is 2.69. The molecule has 2 bridgehead atoms. The molecule has 4 atom stereocenters. The number of rotatable bonds is 6. The van der Waals surface area contributed by atoms with Crippen LogP contribution < -0.4 is 0 Å². The summed E-state index contributed by atoms with van der Waals surface area (Å²) in [5, 5.41) is 0. The van der Waals surface area contributed by atoms with Crippen LogP contribution in [-0.2, 0) is 4.79 Å². The third kappa shape index (κ3) is 2.11. The molecule has 0 aromatic carbocycles. The maximum absolute atomic E-state index is 12.9. The molecule has 0 radical (unpaired) electrons. The molecule has 0 heterocycles. The first kappa shape index (κ1) is 13.7. The molecule has 0 spiro atoms. The van der Waals surface area contributed by atoms with Crippen molar-refractivity contribution in [2.45, 2.75) is 52.0 Å². The van der Waals surface area contributed by atoms with Crippen LogP contribution in [0.5, 0.6) is 0 Å². The molecule has 0 aromatic heterocycles. The Bertz CT molecular complexity index is 339. The maximum Gasteiger partial charge on any atom is 0.226 e. The lowest BCUT2D eigenvalue weighted by Crippen LogP contribution is -2.42. The Labute approximate surface area is 121 Å². The van der Waals surface area contributed by atoms with Gasteiger partial charge in [0.1, 0.15) is 0 Å². The summed E-state index contributed by atoms with van der Waals surface area (Å²) in [6, 6.07) is 0.394. The van der Waals surface area contributed by atoms with Gasteiger partial charge >= 0.3 is 0 Å². The summed E-state index contributed by atoms with van der Waals surface area (Å²) in [6.45, 7) is 5.10. The van der Waals surface area contributed by atoms with Crippen LogP contribution in [0.25, 0.3) is 0 Å². The van der Waals surface area contributed by atoms with Gasteiger partial charge in [0.2, 0.25) is 5.91 Å². The van der Waals surface area contributed by atoms with Gasteiger partial charge in [0, 0.05) is 24.4 Å². The first-order valence-corrected chi connectivity index (χ1v) is 8.62. The number of halogens is 1. The third-order valence-corrected chi connectivity index (χ3v) is 6.18. The van der Waals surface area contributed by atoms with Gasteiger partial charge in [0.05, 0.1) is 0 Å². The first-order valence-electron chi connectivity index (χ1n) is 8.09. The number of carbonyl (C=O) groups excluding carboxylic acids is 1. The lowest BCUT2D eigenvalue weighted by molar-refractivity contribution is -0.136. The second-order valence-electron chi connectivity index (χ2n) is 6.70. The molecule has 0 aromatic rings. The zero-order valence-electron chi connectivity index (χ0n) is 12.1. The van der Waals surface area contributed by atoms with E-state index in [1.54, 1.807) is 0 Å². The van der Waals surface area contributed by atoms with Crippen molar-refractivity contribution < 1.29 is 4.79 Å². The number of alkyl halides is 1. The molecule has 108 valence electrons. The maximum atomic E-state index is 12.9. The van der Waals surface area contributed by atoms with Crippen molar-refractivity contribution in [2.24, 2.45) is 29.6 Å². The van der Waals surface area contributed by atoms with E-state index in [9.17, 15) is 4.79 Å². The second-order valence-corrected chi connectivity index (χ2v) is 7.08. The molecule has 3 rings (SSSR count). The minimum absolute atomic E-state index is 0.370. The molecule has 4 unspecified atom stereocenters. The van der Waals surface area contributed by atoms with Gasteiger partial charge in [0.15, 0.2) is 0 Å². The molecule has 3 saturated carbocycles. The number of amides is 1. The van der Waals surface area contributed by atoms with Crippen LogP contribution in [0, 0.1) is 29.6 Å². The zero-order chi connectivity index (χ0) is 13.6. The van der Waals surface area contributed by atoms with Gasteiger partial charge < -0.3 is 4.90 Å². The van der Waals surface area contributed by atoms with Crippen molar-refractivity contribution >= 4 is 17.5 Å². The molecule has 3 aliphatic rings. The van der Waals surface area contributed by atoms with Gasteiger partial charge in [-0.25, -0.2) is 0 Å². The second kappa shape index (κ2) is 5.27. The highest BCUT2D eigenvalue weighted by Gasteiger charge is 2.68. The molecule has 0 saturated heterocycles. The van der Waals surface area contributed by atoms with Gasteiger partial charge in [-0.05, 0) is 55.8 Å². The van der Waals surface area contributed by atoms with Gasteiger partial charge in [0.25, 0.3) is 0 Å². The van der Waals surface area contributed by atoms with Crippen molar-refractivity contribution in [1.29, 1.82) is 0 Å². The standard InChI is InChI=1S/C16H26ClNO/c1-3-12(4-2)18(8-7-17)16(19)15-13-10-5-6-11(9-10)14(13)15/h10-15H,3-9H2,1-2H3. The summed E-state index contributed by atoms with van der Waals surface area (Å²) < 4.78 is 0. The topological polar surface area (TPSA) is 20.3 Å². The van der Waals surface area contributed by atoms with E-state index in [-0.39, 0.29) is 0 Å². The van der Waals surface area contributed by atoms with Crippen LogP contribution in [0.1, 0.15) is 46.0 Å². The predicted octanol–water partition coefficient (Wildman–Crippen LogP) is 3.53. The van der Waals surface area contributed by atoms with Crippen molar-refractivity contribution in [1.82, 2.24) is 4.90 Å². The quantitative estimate of drug-likeness (QED) is 0.683. The Kier molecular flexibility index (Phi) is 3.81. The van der Waals surface area contributed by atoms with Gasteiger partial charge in [-0.1, -0.05) is 13.8 Å². The Hall–Kier alpha value is -0.240.